The molecule has 8 heteroatoms. The van der Waals surface area contributed by atoms with Gasteiger partial charge in [0.25, 0.3) is 5.91 Å². The SMILES string of the molecule is CCC(C)(C)NC(=O)[C@H](c1ccc(OC)cc1)N(C(=O)c1csnn1)c1ccccc1. The van der Waals surface area contributed by atoms with Crippen LogP contribution in [0, 0.1) is 0 Å². The lowest BCUT2D eigenvalue weighted by molar-refractivity contribution is -0.124. The van der Waals surface area contributed by atoms with E-state index < -0.39 is 17.5 Å². The summed E-state index contributed by atoms with van der Waals surface area (Å²) in [4.78, 5) is 28.6. The number of amides is 2. The molecule has 162 valence electrons. The van der Waals surface area contributed by atoms with Crippen LogP contribution in [0.5, 0.6) is 5.75 Å². The number of rotatable bonds is 8. The first kappa shape index (κ1) is 22.4. The van der Waals surface area contributed by atoms with Crippen LogP contribution < -0.4 is 15.0 Å². The second-order valence-electron chi connectivity index (χ2n) is 7.70. The van der Waals surface area contributed by atoms with Gasteiger partial charge in [0.15, 0.2) is 5.69 Å². The van der Waals surface area contributed by atoms with Crippen molar-refractivity contribution in [1.29, 1.82) is 0 Å². The maximum absolute atomic E-state index is 13.6. The standard InChI is InChI=1S/C23H26N4O3S/c1-5-23(2,3)24-21(28)20(16-11-13-18(30-4)14-12-16)27(17-9-7-6-8-10-17)22(29)19-15-31-26-25-19/h6-15,20H,5H2,1-4H3,(H,24,28)/t20-/m0/s1. The third kappa shape index (κ3) is 5.27. The van der Waals surface area contributed by atoms with E-state index in [1.807, 2.05) is 39.0 Å². The van der Waals surface area contributed by atoms with E-state index in [1.165, 1.54) is 4.90 Å². The average Bonchev–Trinajstić information content (AvgIpc) is 3.32. The number of aromatic nitrogens is 2. The Morgan fingerprint density at radius 3 is 2.35 bits per heavy atom. The summed E-state index contributed by atoms with van der Waals surface area (Å²) in [5.74, 6) is -0.0132. The van der Waals surface area contributed by atoms with Gasteiger partial charge in [-0.15, -0.1) is 5.10 Å². The zero-order chi connectivity index (χ0) is 22.4. The number of benzene rings is 2. The summed E-state index contributed by atoms with van der Waals surface area (Å²) in [5.41, 5.74) is 1.00. The summed E-state index contributed by atoms with van der Waals surface area (Å²) in [6.07, 6.45) is 0.739. The minimum Gasteiger partial charge on any atom is -0.497 e. The molecular weight excluding hydrogens is 412 g/mol. The van der Waals surface area contributed by atoms with E-state index in [4.69, 9.17) is 4.74 Å². The number of hydrogen-bond acceptors (Lipinski definition) is 6. The van der Waals surface area contributed by atoms with E-state index in [9.17, 15) is 9.59 Å². The van der Waals surface area contributed by atoms with E-state index >= 15 is 0 Å². The summed E-state index contributed by atoms with van der Waals surface area (Å²) < 4.78 is 9.08. The van der Waals surface area contributed by atoms with Gasteiger partial charge >= 0.3 is 0 Å². The maximum atomic E-state index is 13.6. The number of carbonyl (C=O) groups excluding carboxylic acids is 2. The molecule has 0 fully saturated rings. The predicted octanol–water partition coefficient (Wildman–Crippen LogP) is 4.24. The molecule has 3 aromatic rings. The molecule has 1 N–H and O–H groups in total. The van der Waals surface area contributed by atoms with Gasteiger partial charge in [0.05, 0.1) is 7.11 Å². The van der Waals surface area contributed by atoms with Crippen molar-refractivity contribution in [3.8, 4) is 5.75 Å². The number of ether oxygens (including phenoxy) is 1. The van der Waals surface area contributed by atoms with Crippen LogP contribution >= 0.6 is 11.5 Å². The van der Waals surface area contributed by atoms with Crippen molar-refractivity contribution in [2.45, 2.75) is 38.8 Å². The number of hydrogen-bond donors (Lipinski definition) is 1. The van der Waals surface area contributed by atoms with Crippen LogP contribution in [0.3, 0.4) is 0 Å². The van der Waals surface area contributed by atoms with E-state index in [2.05, 4.69) is 14.9 Å². The summed E-state index contributed by atoms with van der Waals surface area (Å²) in [7, 11) is 1.58. The van der Waals surface area contributed by atoms with Crippen molar-refractivity contribution in [2.75, 3.05) is 12.0 Å². The highest BCUT2D eigenvalue weighted by Gasteiger charge is 2.36. The molecule has 1 atom stereocenters. The lowest BCUT2D eigenvalue weighted by atomic mass is 9.98. The first-order valence-electron chi connectivity index (χ1n) is 9.98. The Morgan fingerprint density at radius 1 is 1.13 bits per heavy atom. The average molecular weight is 439 g/mol. The van der Waals surface area contributed by atoms with Crippen molar-refractivity contribution in [3.05, 3.63) is 71.2 Å². The normalized spacial score (nSPS) is 12.1. The Kier molecular flexibility index (Phi) is 7.02. The highest BCUT2D eigenvalue weighted by molar-refractivity contribution is 7.03. The zero-order valence-electron chi connectivity index (χ0n) is 18.0. The van der Waals surface area contributed by atoms with Crippen molar-refractivity contribution in [1.82, 2.24) is 14.9 Å². The van der Waals surface area contributed by atoms with Crippen molar-refractivity contribution in [2.24, 2.45) is 0 Å². The summed E-state index contributed by atoms with van der Waals surface area (Å²) in [6.45, 7) is 5.91. The first-order valence-corrected chi connectivity index (χ1v) is 10.8. The lowest BCUT2D eigenvalue weighted by Crippen LogP contribution is -2.50. The lowest BCUT2D eigenvalue weighted by Gasteiger charge is -2.34. The fourth-order valence-corrected chi connectivity index (χ4v) is 3.48. The van der Waals surface area contributed by atoms with Gasteiger partial charge in [0.1, 0.15) is 11.8 Å². The molecule has 2 amide bonds. The van der Waals surface area contributed by atoms with Gasteiger partial charge in [-0.3, -0.25) is 14.5 Å². The molecule has 0 saturated heterocycles. The number of nitrogens with zero attached hydrogens (tertiary/aromatic N) is 3. The Morgan fingerprint density at radius 2 is 1.81 bits per heavy atom. The number of carbonyl (C=O) groups is 2. The monoisotopic (exact) mass is 438 g/mol. The van der Waals surface area contributed by atoms with E-state index in [0.29, 0.717) is 17.0 Å². The van der Waals surface area contributed by atoms with Crippen molar-refractivity contribution in [3.63, 3.8) is 0 Å². The van der Waals surface area contributed by atoms with Crippen molar-refractivity contribution < 1.29 is 14.3 Å². The van der Waals surface area contributed by atoms with E-state index in [1.54, 1.807) is 48.9 Å². The second kappa shape index (κ2) is 9.70. The molecule has 0 aliphatic heterocycles. The number of para-hydroxylation sites is 1. The molecule has 1 aromatic heterocycles. The molecule has 2 aromatic carbocycles. The predicted molar refractivity (Wildman–Crippen MR) is 121 cm³/mol. The van der Waals surface area contributed by atoms with Crippen LogP contribution in [0.15, 0.2) is 60.0 Å². The third-order valence-electron chi connectivity index (χ3n) is 5.12. The van der Waals surface area contributed by atoms with Gasteiger partial charge < -0.3 is 10.1 Å². The fraction of sp³-hybridized carbons (Fsp3) is 0.304. The smallest absolute Gasteiger partial charge is 0.280 e. The number of anilines is 1. The third-order valence-corrected chi connectivity index (χ3v) is 5.62. The minimum absolute atomic E-state index is 0.190. The first-order chi connectivity index (χ1) is 14.9. The van der Waals surface area contributed by atoms with Crippen LogP contribution in [-0.4, -0.2) is 34.1 Å². The molecule has 7 nitrogen and oxygen atoms in total. The number of nitrogens with one attached hydrogen (secondary N) is 1. The van der Waals surface area contributed by atoms with Gasteiger partial charge in [-0.1, -0.05) is 41.7 Å². The Balaban J connectivity index is 2.14. The van der Waals surface area contributed by atoms with Gasteiger partial charge in [0, 0.05) is 16.6 Å². The molecule has 0 bridgehead atoms. The van der Waals surface area contributed by atoms with Gasteiger partial charge in [-0.2, -0.15) is 0 Å². The number of methoxy groups -OCH3 is 1. The molecule has 0 radical (unpaired) electrons. The van der Waals surface area contributed by atoms with Gasteiger partial charge in [-0.05, 0) is 61.6 Å². The fourth-order valence-electron chi connectivity index (χ4n) is 3.05. The Hall–Kier alpha value is -3.26. The summed E-state index contributed by atoms with van der Waals surface area (Å²) in [5, 5.41) is 8.61. The van der Waals surface area contributed by atoms with Gasteiger partial charge in [0.2, 0.25) is 5.91 Å². The topological polar surface area (TPSA) is 84.4 Å². The highest BCUT2D eigenvalue weighted by Crippen LogP contribution is 2.31. The largest absolute Gasteiger partial charge is 0.497 e. The van der Waals surface area contributed by atoms with Crippen LogP contribution in [0.25, 0.3) is 0 Å². The quantitative estimate of drug-likeness (QED) is 0.569. The molecule has 1 heterocycles. The molecule has 31 heavy (non-hydrogen) atoms. The molecule has 3 rings (SSSR count). The van der Waals surface area contributed by atoms with Crippen LogP contribution in [0.1, 0.15) is 49.3 Å². The van der Waals surface area contributed by atoms with Crippen LogP contribution in [-0.2, 0) is 4.79 Å². The minimum atomic E-state index is -0.909. The van der Waals surface area contributed by atoms with Crippen molar-refractivity contribution >= 4 is 29.0 Å². The second-order valence-corrected chi connectivity index (χ2v) is 8.31. The molecule has 0 saturated carbocycles. The zero-order valence-corrected chi connectivity index (χ0v) is 18.8. The van der Waals surface area contributed by atoms with Crippen LogP contribution in [0.2, 0.25) is 0 Å². The Labute approximate surface area is 186 Å². The van der Waals surface area contributed by atoms with E-state index in [-0.39, 0.29) is 11.6 Å². The van der Waals surface area contributed by atoms with Crippen LogP contribution in [0.4, 0.5) is 5.69 Å². The maximum Gasteiger partial charge on any atom is 0.280 e. The highest BCUT2D eigenvalue weighted by atomic mass is 32.1. The van der Waals surface area contributed by atoms with E-state index in [0.717, 1.165) is 18.0 Å². The summed E-state index contributed by atoms with van der Waals surface area (Å²) in [6, 6.07) is 15.3. The summed E-state index contributed by atoms with van der Waals surface area (Å²) >= 11 is 1.09. The Bertz CT molecular complexity index is 1010. The molecule has 0 unspecified atom stereocenters. The van der Waals surface area contributed by atoms with Gasteiger partial charge in [-0.25, -0.2) is 0 Å². The molecule has 0 aliphatic carbocycles. The molecule has 0 aliphatic rings. The molecule has 0 spiro atoms. The molecular formula is C23H26N4O3S.